The fraction of sp³-hybridized carbons (Fsp3) is 0.200. The van der Waals surface area contributed by atoms with E-state index in [2.05, 4.69) is 25.5 Å². The highest BCUT2D eigenvalue weighted by Crippen LogP contribution is 2.16. The molecule has 2 heterocycles. The van der Waals surface area contributed by atoms with Gasteiger partial charge in [-0.3, -0.25) is 9.89 Å². The van der Waals surface area contributed by atoms with Gasteiger partial charge in [0.05, 0.1) is 0 Å². The van der Waals surface area contributed by atoms with Crippen LogP contribution < -0.4 is 5.32 Å². The number of hydrogen-bond donors (Lipinski definition) is 2. The van der Waals surface area contributed by atoms with Crippen LogP contribution in [0.15, 0.2) is 54.2 Å². The Balaban J connectivity index is 1.50. The van der Waals surface area contributed by atoms with Gasteiger partial charge in [-0.1, -0.05) is 42.1 Å². The molecule has 118 valence electrons. The minimum atomic E-state index is -0.0432. The average molecular weight is 328 g/mol. The smallest absolute Gasteiger partial charge is 0.240 e. The van der Waals surface area contributed by atoms with E-state index in [0.717, 1.165) is 22.3 Å². The van der Waals surface area contributed by atoms with E-state index in [1.807, 2.05) is 41.1 Å². The van der Waals surface area contributed by atoms with Gasteiger partial charge in [-0.25, -0.2) is 9.97 Å². The Morgan fingerprint density at radius 1 is 1.26 bits per heavy atom. The molecule has 0 fully saturated rings. The standard InChI is InChI=1S/C15H16N6OS/c22-13(16-7-9-23-15-18-11-19-20-15)10-21-8-6-17-14(21)12-4-2-1-3-5-12/h1-6,8,11H,7,9-10H2,(H,16,22)(H,18,19,20). The van der Waals surface area contributed by atoms with Crippen LogP contribution in [0.3, 0.4) is 0 Å². The molecule has 23 heavy (non-hydrogen) atoms. The molecule has 0 atom stereocenters. The molecular weight excluding hydrogens is 312 g/mol. The van der Waals surface area contributed by atoms with Crippen LogP contribution in [0, 0.1) is 0 Å². The minimum absolute atomic E-state index is 0.0432. The van der Waals surface area contributed by atoms with Gasteiger partial charge in [-0.15, -0.1) is 0 Å². The SMILES string of the molecule is O=C(Cn1ccnc1-c1ccccc1)NCCSc1ncn[nH]1. The topological polar surface area (TPSA) is 88.5 Å². The lowest BCUT2D eigenvalue weighted by Gasteiger charge is -2.08. The van der Waals surface area contributed by atoms with Crippen molar-refractivity contribution in [3.63, 3.8) is 0 Å². The predicted octanol–water partition coefficient (Wildman–Crippen LogP) is 1.58. The third-order valence-electron chi connectivity index (χ3n) is 3.12. The lowest BCUT2D eigenvalue weighted by molar-refractivity contribution is -0.121. The van der Waals surface area contributed by atoms with E-state index in [0.29, 0.717) is 6.54 Å². The molecule has 0 aliphatic carbocycles. The molecule has 8 heteroatoms. The molecule has 0 saturated heterocycles. The first kappa shape index (κ1) is 15.3. The van der Waals surface area contributed by atoms with E-state index >= 15 is 0 Å². The summed E-state index contributed by atoms with van der Waals surface area (Å²) < 4.78 is 1.84. The fourth-order valence-corrected chi connectivity index (χ4v) is 2.73. The van der Waals surface area contributed by atoms with Gasteiger partial charge in [0.15, 0.2) is 5.16 Å². The van der Waals surface area contributed by atoms with E-state index in [1.54, 1.807) is 6.20 Å². The van der Waals surface area contributed by atoms with E-state index in [-0.39, 0.29) is 12.5 Å². The molecule has 1 aromatic carbocycles. The van der Waals surface area contributed by atoms with Crippen molar-refractivity contribution < 1.29 is 4.79 Å². The summed E-state index contributed by atoms with van der Waals surface area (Å²) in [6.45, 7) is 0.816. The zero-order valence-electron chi connectivity index (χ0n) is 12.3. The number of imidazole rings is 1. The van der Waals surface area contributed by atoms with E-state index < -0.39 is 0 Å². The molecule has 0 radical (unpaired) electrons. The van der Waals surface area contributed by atoms with Crippen LogP contribution in [-0.4, -0.2) is 42.9 Å². The summed E-state index contributed by atoms with van der Waals surface area (Å²) >= 11 is 1.51. The van der Waals surface area contributed by atoms with Crippen LogP contribution in [0.5, 0.6) is 0 Å². The number of carbonyl (C=O) groups is 1. The molecule has 0 aliphatic heterocycles. The quantitative estimate of drug-likeness (QED) is 0.508. The first-order valence-electron chi connectivity index (χ1n) is 7.14. The van der Waals surface area contributed by atoms with Crippen molar-refractivity contribution in [2.45, 2.75) is 11.7 Å². The summed E-state index contributed by atoms with van der Waals surface area (Å²) in [5.41, 5.74) is 0.992. The normalized spacial score (nSPS) is 10.6. The Hall–Kier alpha value is -2.61. The Morgan fingerprint density at radius 3 is 2.91 bits per heavy atom. The van der Waals surface area contributed by atoms with Crippen LogP contribution in [0.2, 0.25) is 0 Å². The van der Waals surface area contributed by atoms with E-state index in [4.69, 9.17) is 0 Å². The lowest BCUT2D eigenvalue weighted by atomic mass is 10.2. The van der Waals surface area contributed by atoms with Crippen LogP contribution in [0.1, 0.15) is 0 Å². The van der Waals surface area contributed by atoms with Crippen LogP contribution >= 0.6 is 11.8 Å². The van der Waals surface area contributed by atoms with E-state index in [1.165, 1.54) is 18.1 Å². The molecular formula is C15H16N6OS. The number of thioether (sulfide) groups is 1. The summed E-state index contributed by atoms with van der Waals surface area (Å²) in [6, 6.07) is 9.82. The number of nitrogens with one attached hydrogen (secondary N) is 2. The molecule has 3 rings (SSSR count). The maximum atomic E-state index is 12.1. The second kappa shape index (κ2) is 7.59. The molecule has 0 unspecified atom stereocenters. The van der Waals surface area contributed by atoms with Gasteiger partial charge in [0.2, 0.25) is 5.91 Å². The lowest BCUT2D eigenvalue weighted by Crippen LogP contribution is -2.29. The Morgan fingerprint density at radius 2 is 2.13 bits per heavy atom. The van der Waals surface area contributed by atoms with Crippen molar-refractivity contribution >= 4 is 17.7 Å². The largest absolute Gasteiger partial charge is 0.354 e. The maximum Gasteiger partial charge on any atom is 0.240 e. The monoisotopic (exact) mass is 328 g/mol. The first-order valence-corrected chi connectivity index (χ1v) is 8.13. The van der Waals surface area contributed by atoms with Crippen molar-refractivity contribution in [3.05, 3.63) is 49.1 Å². The van der Waals surface area contributed by atoms with Crippen LogP contribution in [0.25, 0.3) is 11.4 Å². The van der Waals surface area contributed by atoms with Gasteiger partial charge in [0.1, 0.15) is 18.7 Å². The molecule has 0 aliphatic rings. The molecule has 0 saturated carbocycles. The summed E-state index contributed by atoms with van der Waals surface area (Å²) in [5, 5.41) is 10.2. The average Bonchev–Trinajstić information content (AvgIpc) is 3.24. The van der Waals surface area contributed by atoms with Gasteiger partial charge in [0, 0.05) is 30.3 Å². The van der Waals surface area contributed by atoms with Gasteiger partial charge in [-0.05, 0) is 0 Å². The second-order valence-electron chi connectivity index (χ2n) is 4.73. The highest BCUT2D eigenvalue weighted by molar-refractivity contribution is 7.99. The maximum absolute atomic E-state index is 12.1. The molecule has 3 aromatic rings. The van der Waals surface area contributed by atoms with Crippen molar-refractivity contribution in [2.75, 3.05) is 12.3 Å². The molecule has 1 amide bonds. The number of rotatable bonds is 7. The van der Waals surface area contributed by atoms with E-state index in [9.17, 15) is 4.79 Å². The van der Waals surface area contributed by atoms with Gasteiger partial charge in [-0.2, -0.15) is 5.10 Å². The van der Waals surface area contributed by atoms with Crippen molar-refractivity contribution in [2.24, 2.45) is 0 Å². The molecule has 2 N–H and O–H groups in total. The number of aromatic amines is 1. The zero-order chi connectivity index (χ0) is 15.9. The predicted molar refractivity (Wildman–Crippen MR) is 87.8 cm³/mol. The third kappa shape index (κ3) is 4.19. The van der Waals surface area contributed by atoms with Crippen molar-refractivity contribution in [1.29, 1.82) is 0 Å². The molecule has 7 nitrogen and oxygen atoms in total. The van der Waals surface area contributed by atoms with Crippen LogP contribution in [-0.2, 0) is 11.3 Å². The fourth-order valence-electron chi connectivity index (χ4n) is 2.10. The highest BCUT2D eigenvalue weighted by Gasteiger charge is 2.09. The van der Waals surface area contributed by atoms with Crippen LogP contribution in [0.4, 0.5) is 0 Å². The number of aromatic nitrogens is 5. The molecule has 2 aromatic heterocycles. The molecule has 0 bridgehead atoms. The first-order chi connectivity index (χ1) is 11.3. The summed E-state index contributed by atoms with van der Waals surface area (Å²) in [7, 11) is 0. The van der Waals surface area contributed by atoms with Gasteiger partial charge < -0.3 is 9.88 Å². The number of H-pyrrole nitrogens is 1. The van der Waals surface area contributed by atoms with Crippen molar-refractivity contribution in [3.8, 4) is 11.4 Å². The molecule has 0 spiro atoms. The number of benzene rings is 1. The summed E-state index contributed by atoms with van der Waals surface area (Å²) in [5.74, 6) is 1.48. The number of nitrogens with zero attached hydrogens (tertiary/aromatic N) is 4. The number of hydrogen-bond acceptors (Lipinski definition) is 5. The Kier molecular flexibility index (Phi) is 5.05. The zero-order valence-corrected chi connectivity index (χ0v) is 13.2. The minimum Gasteiger partial charge on any atom is -0.354 e. The van der Waals surface area contributed by atoms with Gasteiger partial charge >= 0.3 is 0 Å². The third-order valence-corrected chi connectivity index (χ3v) is 4.00. The number of carbonyl (C=O) groups excluding carboxylic acids is 1. The van der Waals surface area contributed by atoms with Crippen molar-refractivity contribution in [1.82, 2.24) is 30.0 Å². The second-order valence-corrected chi connectivity index (χ2v) is 5.82. The Bertz CT molecular complexity index is 740. The Labute approximate surface area is 137 Å². The summed E-state index contributed by atoms with van der Waals surface area (Å²) in [6.07, 6.45) is 4.98. The highest BCUT2D eigenvalue weighted by atomic mass is 32.2. The number of amides is 1. The van der Waals surface area contributed by atoms with Gasteiger partial charge in [0.25, 0.3) is 0 Å². The summed E-state index contributed by atoms with van der Waals surface area (Å²) in [4.78, 5) is 20.4.